The molecule has 0 aliphatic carbocycles. The first kappa shape index (κ1) is 28.8. The molecule has 1 heterocycles. The molecule has 2 nitrogen and oxygen atoms in total. The summed E-state index contributed by atoms with van der Waals surface area (Å²) in [7, 11) is 0. The summed E-state index contributed by atoms with van der Waals surface area (Å²) in [5, 5.41) is 2.53. The van der Waals surface area contributed by atoms with E-state index in [9.17, 15) is 0 Å². The second-order valence-electron chi connectivity index (χ2n) is 11.5. The summed E-state index contributed by atoms with van der Waals surface area (Å²) in [4.78, 5) is 10.00. The van der Waals surface area contributed by atoms with Crippen molar-refractivity contribution in [2.24, 2.45) is 0 Å². The van der Waals surface area contributed by atoms with Crippen molar-refractivity contribution in [1.29, 1.82) is 0 Å². The molecule has 1 aromatic heterocycles. The maximum Gasteiger partial charge on any atom is 0.160 e. The molecule has 44 heavy (non-hydrogen) atoms. The normalized spacial score (nSPS) is 12.1. The first-order valence-electron chi connectivity index (χ1n) is 15.1. The zero-order chi connectivity index (χ0) is 30.5. The number of hydrogen-bond acceptors (Lipinski definition) is 2. The van der Waals surface area contributed by atoms with Crippen LogP contribution in [-0.2, 0) is 5.41 Å². The van der Waals surface area contributed by atoms with Gasteiger partial charge in [-0.25, -0.2) is 9.97 Å². The summed E-state index contributed by atoms with van der Waals surface area (Å²) in [5.41, 5.74) is 9.59. The van der Waals surface area contributed by atoms with E-state index in [1.165, 1.54) is 33.0 Å². The van der Waals surface area contributed by atoms with Gasteiger partial charge in [-0.05, 0) is 51.6 Å². The van der Waals surface area contributed by atoms with E-state index in [0.29, 0.717) is 5.82 Å². The zero-order valence-corrected chi connectivity index (χ0v) is 25.5. The molecule has 0 amide bonds. The van der Waals surface area contributed by atoms with Crippen LogP contribution in [0, 0.1) is 0 Å². The summed E-state index contributed by atoms with van der Waals surface area (Å²) in [6.45, 7) is 10.5. The molecule has 0 saturated heterocycles. The van der Waals surface area contributed by atoms with Crippen LogP contribution in [0.15, 0.2) is 158 Å². The fourth-order valence-electron chi connectivity index (χ4n) is 5.76. The molecule has 0 unspecified atom stereocenters. The lowest BCUT2D eigenvalue weighted by molar-refractivity contribution is 0.641. The molecule has 0 fully saturated rings. The summed E-state index contributed by atoms with van der Waals surface area (Å²) >= 11 is 0. The Morgan fingerprint density at radius 3 is 1.98 bits per heavy atom. The van der Waals surface area contributed by atoms with E-state index in [0.717, 1.165) is 28.1 Å². The maximum absolute atomic E-state index is 5.00. The van der Waals surface area contributed by atoms with Crippen molar-refractivity contribution < 1.29 is 0 Å². The van der Waals surface area contributed by atoms with Gasteiger partial charge in [0, 0.05) is 16.5 Å². The minimum absolute atomic E-state index is 0.181. The van der Waals surface area contributed by atoms with E-state index in [4.69, 9.17) is 9.97 Å². The molecule has 5 aromatic carbocycles. The first-order chi connectivity index (χ1) is 21.5. The van der Waals surface area contributed by atoms with Crippen LogP contribution in [0.2, 0.25) is 0 Å². The van der Waals surface area contributed by atoms with Crippen molar-refractivity contribution in [1.82, 2.24) is 9.97 Å². The monoisotopic (exact) mass is 568 g/mol. The van der Waals surface area contributed by atoms with Gasteiger partial charge in [0.25, 0.3) is 0 Å². The molecule has 0 N–H and O–H groups in total. The predicted octanol–water partition coefficient (Wildman–Crippen LogP) is 11.1. The maximum atomic E-state index is 5.00. The zero-order valence-electron chi connectivity index (χ0n) is 25.5. The van der Waals surface area contributed by atoms with Gasteiger partial charge in [-0.15, -0.1) is 0 Å². The number of hydrogen-bond donors (Lipinski definition) is 0. The highest BCUT2D eigenvalue weighted by molar-refractivity contribution is 5.96. The number of fused-ring (bicyclic) bond motifs is 1. The highest BCUT2D eigenvalue weighted by Gasteiger charge is 2.23. The van der Waals surface area contributed by atoms with Crippen molar-refractivity contribution in [3.8, 4) is 33.8 Å². The lowest BCUT2D eigenvalue weighted by Gasteiger charge is -2.26. The molecule has 0 aliphatic heterocycles. The topological polar surface area (TPSA) is 25.8 Å². The van der Waals surface area contributed by atoms with E-state index in [1.807, 2.05) is 43.3 Å². The lowest BCUT2D eigenvalue weighted by atomic mass is 9.77. The number of benzene rings is 5. The fourth-order valence-corrected chi connectivity index (χ4v) is 5.76. The van der Waals surface area contributed by atoms with Crippen LogP contribution in [-0.4, -0.2) is 9.97 Å². The SMILES string of the molecule is C=C/C=C(\C=C/C)c1cc(-c2ccccc2)nc(-c2ccc(C(C)(C)c3ccc(-c4cccc5ccccc45)cc3)cc2)n1. The van der Waals surface area contributed by atoms with Crippen molar-refractivity contribution in [3.63, 3.8) is 0 Å². The van der Waals surface area contributed by atoms with Crippen LogP contribution >= 0.6 is 0 Å². The first-order valence-corrected chi connectivity index (χ1v) is 15.1. The molecule has 0 atom stereocenters. The third kappa shape index (κ3) is 5.80. The Morgan fingerprint density at radius 2 is 1.30 bits per heavy atom. The quantitative estimate of drug-likeness (QED) is 0.171. The Kier molecular flexibility index (Phi) is 8.16. The van der Waals surface area contributed by atoms with Crippen molar-refractivity contribution in [2.75, 3.05) is 0 Å². The minimum Gasteiger partial charge on any atom is -0.228 e. The van der Waals surface area contributed by atoms with Crippen LogP contribution in [0.5, 0.6) is 0 Å². The molecule has 0 bridgehead atoms. The molecule has 6 aromatic rings. The Balaban J connectivity index is 1.33. The van der Waals surface area contributed by atoms with E-state index >= 15 is 0 Å². The van der Waals surface area contributed by atoms with Gasteiger partial charge in [-0.1, -0.05) is 166 Å². The molecule has 0 aliphatic rings. The van der Waals surface area contributed by atoms with Crippen molar-refractivity contribution >= 4 is 16.3 Å². The second-order valence-corrected chi connectivity index (χ2v) is 11.5. The van der Waals surface area contributed by atoms with Crippen molar-refractivity contribution in [2.45, 2.75) is 26.2 Å². The van der Waals surface area contributed by atoms with Gasteiger partial charge >= 0.3 is 0 Å². The molecule has 0 saturated carbocycles. The average Bonchev–Trinajstić information content (AvgIpc) is 3.08. The van der Waals surface area contributed by atoms with E-state index in [1.54, 1.807) is 6.08 Å². The molecular formula is C42H36N2. The standard InChI is InChI=1S/C42H36N2/c1-5-13-32(14-6-2)39-29-40(33-16-8-7-9-17-33)44-41(43-39)34-23-27-36(28-24-34)42(3,4)35-25-21-31(22-26-35)38-20-12-18-30-15-10-11-19-37(30)38/h5-29H,1H2,2-4H3/b14-6-,32-13+. The highest BCUT2D eigenvalue weighted by Crippen LogP contribution is 2.35. The Morgan fingerprint density at radius 1 is 0.659 bits per heavy atom. The van der Waals surface area contributed by atoms with Gasteiger partial charge in [0.2, 0.25) is 0 Å². The predicted molar refractivity (Wildman–Crippen MR) is 187 cm³/mol. The molecule has 6 rings (SSSR count). The fraction of sp³-hybridized carbons (Fsp3) is 0.0952. The number of nitrogens with zero attached hydrogens (tertiary/aromatic N) is 2. The van der Waals surface area contributed by atoms with Gasteiger partial charge in [0.1, 0.15) is 0 Å². The minimum atomic E-state index is -0.181. The molecule has 2 heteroatoms. The largest absolute Gasteiger partial charge is 0.228 e. The third-order valence-corrected chi connectivity index (χ3v) is 8.31. The van der Waals surface area contributed by atoms with Gasteiger partial charge < -0.3 is 0 Å². The van der Waals surface area contributed by atoms with Gasteiger partial charge in [-0.2, -0.15) is 0 Å². The Labute approximate surface area is 260 Å². The summed E-state index contributed by atoms with van der Waals surface area (Å²) in [6.07, 6.45) is 7.85. The summed E-state index contributed by atoms with van der Waals surface area (Å²) in [6, 6.07) is 45.1. The lowest BCUT2D eigenvalue weighted by Crippen LogP contribution is -2.18. The summed E-state index contributed by atoms with van der Waals surface area (Å²) in [5.74, 6) is 0.699. The van der Waals surface area contributed by atoms with E-state index in [-0.39, 0.29) is 5.41 Å². The van der Waals surface area contributed by atoms with Gasteiger partial charge in [0.05, 0.1) is 11.4 Å². The number of aromatic nitrogens is 2. The van der Waals surface area contributed by atoms with Crippen LogP contribution in [0.1, 0.15) is 37.6 Å². The van der Waals surface area contributed by atoms with Crippen molar-refractivity contribution in [3.05, 3.63) is 175 Å². The highest BCUT2D eigenvalue weighted by atomic mass is 14.9. The van der Waals surface area contributed by atoms with Crippen LogP contribution < -0.4 is 0 Å². The molecule has 0 spiro atoms. The smallest absolute Gasteiger partial charge is 0.160 e. The molecular weight excluding hydrogens is 532 g/mol. The van der Waals surface area contributed by atoms with E-state index < -0.39 is 0 Å². The summed E-state index contributed by atoms with van der Waals surface area (Å²) < 4.78 is 0. The number of rotatable bonds is 8. The third-order valence-electron chi connectivity index (χ3n) is 8.31. The van der Waals surface area contributed by atoms with Gasteiger partial charge in [0.15, 0.2) is 5.82 Å². The van der Waals surface area contributed by atoms with Crippen LogP contribution in [0.25, 0.3) is 50.1 Å². The Bertz CT molecular complexity index is 1970. The molecule has 214 valence electrons. The van der Waals surface area contributed by atoms with Crippen LogP contribution in [0.4, 0.5) is 0 Å². The average molecular weight is 569 g/mol. The number of allylic oxidation sites excluding steroid dienone is 5. The van der Waals surface area contributed by atoms with Gasteiger partial charge in [-0.3, -0.25) is 0 Å². The second kappa shape index (κ2) is 12.5. The van der Waals surface area contributed by atoms with E-state index in [2.05, 4.69) is 130 Å². The van der Waals surface area contributed by atoms with Crippen LogP contribution in [0.3, 0.4) is 0 Å². The Hall–Kier alpha value is -5.34. The molecule has 0 radical (unpaired) electrons.